The van der Waals surface area contributed by atoms with Gasteiger partial charge in [-0.2, -0.15) is 0 Å². The number of thioether (sulfide) groups is 1. The zero-order chi connectivity index (χ0) is 21.8. The predicted molar refractivity (Wildman–Crippen MR) is 123 cm³/mol. The molecule has 0 unspecified atom stereocenters. The standard InChI is InChI=1S/C24H17BrFNO3S/c25-20-12-18(8-11-21(20)30-15-17-6-9-19(26)10-7-17)13-22-23(28)27(24(29)31-22)14-16-4-2-1-3-5-16/h1-13H,14-15H2/b22-13-. The highest BCUT2D eigenvalue weighted by Crippen LogP contribution is 2.34. The van der Waals surface area contributed by atoms with E-state index in [2.05, 4.69) is 15.9 Å². The van der Waals surface area contributed by atoms with Gasteiger partial charge in [-0.3, -0.25) is 14.5 Å². The van der Waals surface area contributed by atoms with E-state index in [9.17, 15) is 14.0 Å². The molecule has 1 heterocycles. The highest BCUT2D eigenvalue weighted by Gasteiger charge is 2.34. The number of imide groups is 1. The number of benzene rings is 3. The summed E-state index contributed by atoms with van der Waals surface area (Å²) in [6.07, 6.45) is 1.70. The van der Waals surface area contributed by atoms with Crippen molar-refractivity contribution < 1.29 is 18.7 Å². The fraction of sp³-hybridized carbons (Fsp3) is 0.0833. The second-order valence-corrected chi connectivity index (χ2v) is 8.71. The summed E-state index contributed by atoms with van der Waals surface area (Å²) in [6, 6.07) is 21.0. The fourth-order valence-electron chi connectivity index (χ4n) is 3.02. The van der Waals surface area contributed by atoms with Gasteiger partial charge in [0, 0.05) is 0 Å². The lowest BCUT2D eigenvalue weighted by molar-refractivity contribution is -0.123. The van der Waals surface area contributed by atoms with Crippen LogP contribution >= 0.6 is 27.7 Å². The summed E-state index contributed by atoms with van der Waals surface area (Å²) >= 11 is 4.42. The number of halogens is 2. The highest BCUT2D eigenvalue weighted by atomic mass is 79.9. The molecule has 0 saturated carbocycles. The molecule has 0 spiro atoms. The zero-order valence-corrected chi connectivity index (χ0v) is 18.7. The Balaban J connectivity index is 1.44. The first-order valence-corrected chi connectivity index (χ1v) is 11.1. The third-order valence-corrected chi connectivity index (χ3v) is 6.15. The molecule has 4 nitrogen and oxygen atoms in total. The highest BCUT2D eigenvalue weighted by molar-refractivity contribution is 9.10. The van der Waals surface area contributed by atoms with Crippen LogP contribution in [-0.2, 0) is 17.9 Å². The van der Waals surface area contributed by atoms with Gasteiger partial charge in [0.2, 0.25) is 0 Å². The molecule has 1 saturated heterocycles. The Morgan fingerprint density at radius 1 is 0.968 bits per heavy atom. The third kappa shape index (κ3) is 5.24. The van der Waals surface area contributed by atoms with Gasteiger partial charge >= 0.3 is 0 Å². The maximum absolute atomic E-state index is 13.0. The van der Waals surface area contributed by atoms with Crippen molar-refractivity contribution in [3.05, 3.63) is 105 Å². The van der Waals surface area contributed by atoms with Crippen molar-refractivity contribution in [1.29, 1.82) is 0 Å². The van der Waals surface area contributed by atoms with Gasteiger partial charge in [0.25, 0.3) is 11.1 Å². The van der Waals surface area contributed by atoms with Gasteiger partial charge in [0.1, 0.15) is 18.2 Å². The average Bonchev–Trinajstić information content (AvgIpc) is 3.02. The molecule has 2 amide bonds. The molecular formula is C24H17BrFNO3S. The van der Waals surface area contributed by atoms with Crippen molar-refractivity contribution in [2.24, 2.45) is 0 Å². The summed E-state index contributed by atoms with van der Waals surface area (Å²) in [5.41, 5.74) is 2.52. The lowest BCUT2D eigenvalue weighted by Gasteiger charge is -2.12. The van der Waals surface area contributed by atoms with Crippen molar-refractivity contribution >= 4 is 44.9 Å². The van der Waals surface area contributed by atoms with Gasteiger partial charge < -0.3 is 4.74 Å². The van der Waals surface area contributed by atoms with Crippen LogP contribution in [0.2, 0.25) is 0 Å². The summed E-state index contributed by atoms with van der Waals surface area (Å²) in [6.45, 7) is 0.555. The van der Waals surface area contributed by atoms with Crippen LogP contribution in [0.15, 0.2) is 82.2 Å². The number of amides is 2. The summed E-state index contributed by atoms with van der Waals surface area (Å²) in [5.74, 6) is 0.0349. The van der Waals surface area contributed by atoms with E-state index in [0.717, 1.165) is 28.5 Å². The maximum Gasteiger partial charge on any atom is 0.293 e. The Bertz CT molecular complexity index is 1150. The van der Waals surface area contributed by atoms with E-state index >= 15 is 0 Å². The van der Waals surface area contributed by atoms with Crippen LogP contribution in [-0.4, -0.2) is 16.0 Å². The van der Waals surface area contributed by atoms with E-state index in [4.69, 9.17) is 4.74 Å². The number of carbonyl (C=O) groups excluding carboxylic acids is 2. The molecule has 1 fully saturated rings. The quantitative estimate of drug-likeness (QED) is 0.369. The van der Waals surface area contributed by atoms with Crippen LogP contribution in [0.1, 0.15) is 16.7 Å². The van der Waals surface area contributed by atoms with Crippen molar-refractivity contribution in [1.82, 2.24) is 4.90 Å². The Morgan fingerprint density at radius 3 is 2.42 bits per heavy atom. The number of carbonyl (C=O) groups is 2. The first kappa shape index (κ1) is 21.3. The predicted octanol–water partition coefficient (Wildman–Crippen LogP) is 6.40. The Morgan fingerprint density at radius 2 is 1.71 bits per heavy atom. The molecule has 0 radical (unpaired) electrons. The number of rotatable bonds is 6. The van der Waals surface area contributed by atoms with Gasteiger partial charge in [0.05, 0.1) is 15.9 Å². The smallest absolute Gasteiger partial charge is 0.293 e. The SMILES string of the molecule is O=C1S/C(=C\c2ccc(OCc3ccc(F)cc3)c(Br)c2)C(=O)N1Cc1ccccc1. The molecule has 0 bridgehead atoms. The molecule has 1 aliphatic rings. The van der Waals surface area contributed by atoms with E-state index < -0.39 is 0 Å². The van der Waals surface area contributed by atoms with E-state index in [1.165, 1.54) is 17.0 Å². The van der Waals surface area contributed by atoms with Gasteiger partial charge in [0.15, 0.2) is 0 Å². The molecule has 3 aromatic rings. The molecule has 7 heteroatoms. The lowest BCUT2D eigenvalue weighted by Crippen LogP contribution is -2.27. The molecule has 0 atom stereocenters. The van der Waals surface area contributed by atoms with Crippen LogP contribution in [0.4, 0.5) is 9.18 Å². The zero-order valence-electron chi connectivity index (χ0n) is 16.3. The number of nitrogens with zero attached hydrogens (tertiary/aromatic N) is 1. The second-order valence-electron chi connectivity index (χ2n) is 6.86. The van der Waals surface area contributed by atoms with Crippen LogP contribution in [0.5, 0.6) is 5.75 Å². The number of hydrogen-bond donors (Lipinski definition) is 0. The fourth-order valence-corrected chi connectivity index (χ4v) is 4.37. The number of hydrogen-bond acceptors (Lipinski definition) is 4. The van der Waals surface area contributed by atoms with Crippen LogP contribution < -0.4 is 4.74 Å². The molecule has 31 heavy (non-hydrogen) atoms. The molecule has 0 aliphatic carbocycles. The second kappa shape index (κ2) is 9.49. The first-order chi connectivity index (χ1) is 15.0. The van der Waals surface area contributed by atoms with Crippen molar-refractivity contribution in [3.63, 3.8) is 0 Å². The summed E-state index contributed by atoms with van der Waals surface area (Å²) in [7, 11) is 0. The largest absolute Gasteiger partial charge is 0.488 e. The van der Waals surface area contributed by atoms with E-state index in [-0.39, 0.29) is 23.5 Å². The van der Waals surface area contributed by atoms with Gasteiger partial charge in [-0.15, -0.1) is 0 Å². The van der Waals surface area contributed by atoms with Crippen molar-refractivity contribution in [2.75, 3.05) is 0 Å². The van der Waals surface area contributed by atoms with Crippen molar-refractivity contribution in [3.8, 4) is 5.75 Å². The Kier molecular flexibility index (Phi) is 6.53. The summed E-state index contributed by atoms with van der Waals surface area (Å²) in [4.78, 5) is 26.7. The van der Waals surface area contributed by atoms with Crippen LogP contribution in [0.25, 0.3) is 6.08 Å². The minimum Gasteiger partial charge on any atom is -0.488 e. The van der Waals surface area contributed by atoms with E-state index in [1.54, 1.807) is 24.3 Å². The van der Waals surface area contributed by atoms with Crippen molar-refractivity contribution in [2.45, 2.75) is 13.2 Å². The van der Waals surface area contributed by atoms with Gasteiger partial charge in [-0.05, 0) is 74.7 Å². The minimum atomic E-state index is -0.299. The van der Waals surface area contributed by atoms with Gasteiger partial charge in [-0.25, -0.2) is 4.39 Å². The molecule has 156 valence electrons. The maximum atomic E-state index is 13.0. The average molecular weight is 498 g/mol. The molecule has 4 rings (SSSR count). The number of ether oxygens (including phenoxy) is 1. The Labute approximate surface area is 191 Å². The topological polar surface area (TPSA) is 46.6 Å². The molecule has 1 aliphatic heterocycles. The van der Waals surface area contributed by atoms with E-state index in [1.807, 2.05) is 42.5 Å². The normalized spacial score (nSPS) is 15.0. The molecule has 0 N–H and O–H groups in total. The van der Waals surface area contributed by atoms with Crippen LogP contribution in [0.3, 0.4) is 0 Å². The monoisotopic (exact) mass is 497 g/mol. The van der Waals surface area contributed by atoms with Gasteiger partial charge in [-0.1, -0.05) is 48.5 Å². The third-order valence-electron chi connectivity index (χ3n) is 4.62. The lowest BCUT2D eigenvalue weighted by atomic mass is 10.2. The van der Waals surface area contributed by atoms with Crippen LogP contribution in [0, 0.1) is 5.82 Å². The first-order valence-electron chi connectivity index (χ1n) is 9.46. The molecule has 0 aromatic heterocycles. The summed E-state index contributed by atoms with van der Waals surface area (Å²) in [5, 5.41) is -0.279. The molecule has 3 aromatic carbocycles. The van der Waals surface area contributed by atoms with E-state index in [0.29, 0.717) is 21.7 Å². The molecular weight excluding hydrogens is 481 g/mol. The Hall–Kier alpha value is -2.90. The summed E-state index contributed by atoms with van der Waals surface area (Å²) < 4.78 is 19.5. The minimum absolute atomic E-state index is 0.253.